The van der Waals surface area contributed by atoms with Crippen molar-refractivity contribution in [3.8, 4) is 17.2 Å². The normalized spacial score (nSPS) is 17.4. The summed E-state index contributed by atoms with van der Waals surface area (Å²) in [6.07, 6.45) is 3.80. The van der Waals surface area contributed by atoms with Crippen LogP contribution in [0.15, 0.2) is 12.1 Å². The van der Waals surface area contributed by atoms with Crippen LogP contribution in [0.4, 0.5) is 0 Å². The van der Waals surface area contributed by atoms with Crippen molar-refractivity contribution in [3.05, 3.63) is 17.7 Å². The van der Waals surface area contributed by atoms with Crippen molar-refractivity contribution in [1.82, 2.24) is 0 Å². The zero-order chi connectivity index (χ0) is 16.7. The quantitative estimate of drug-likeness (QED) is 0.801. The molecule has 1 aromatic carbocycles. The molecule has 0 saturated carbocycles. The lowest BCUT2D eigenvalue weighted by molar-refractivity contribution is -0.119. The third kappa shape index (κ3) is 4.87. The Morgan fingerprint density at radius 1 is 1.00 bits per heavy atom. The van der Waals surface area contributed by atoms with Crippen molar-refractivity contribution < 1.29 is 28.9 Å². The van der Waals surface area contributed by atoms with E-state index in [4.69, 9.17) is 14.2 Å². The van der Waals surface area contributed by atoms with Crippen LogP contribution in [0.3, 0.4) is 0 Å². The van der Waals surface area contributed by atoms with Gasteiger partial charge in [-0.1, -0.05) is 0 Å². The highest BCUT2D eigenvalue weighted by Crippen LogP contribution is 2.34. The van der Waals surface area contributed by atoms with Gasteiger partial charge in [-0.25, -0.2) is 4.79 Å². The van der Waals surface area contributed by atoms with Gasteiger partial charge in [-0.3, -0.25) is 4.79 Å². The van der Waals surface area contributed by atoms with E-state index in [0.717, 1.165) is 6.42 Å². The first-order valence-corrected chi connectivity index (χ1v) is 7.84. The number of ketones is 1. The van der Waals surface area contributed by atoms with Crippen LogP contribution in [0.5, 0.6) is 17.2 Å². The van der Waals surface area contributed by atoms with Crippen molar-refractivity contribution >= 4 is 11.8 Å². The Kier molecular flexibility index (Phi) is 6.26. The molecule has 0 aliphatic carbocycles. The Morgan fingerprint density at radius 2 is 1.65 bits per heavy atom. The fourth-order valence-corrected chi connectivity index (χ4v) is 2.41. The van der Waals surface area contributed by atoms with E-state index in [0.29, 0.717) is 44.5 Å². The molecule has 23 heavy (non-hydrogen) atoms. The standard InChI is InChI=1S/C17H22O6/c1-21-13-10-14(19)16-15(11-13)22-8-4-2-6-12(18)7-3-5-9-23-17(16)20/h10-11,19H,2-9H2,1H3. The first-order chi connectivity index (χ1) is 11.1. The number of fused-ring (bicyclic) bond motifs is 1. The number of aromatic hydroxyl groups is 1. The number of hydrogen-bond acceptors (Lipinski definition) is 6. The van der Waals surface area contributed by atoms with Gasteiger partial charge in [0.2, 0.25) is 0 Å². The van der Waals surface area contributed by atoms with Gasteiger partial charge in [0.15, 0.2) is 0 Å². The molecule has 1 aliphatic rings. The van der Waals surface area contributed by atoms with E-state index in [9.17, 15) is 14.7 Å². The van der Waals surface area contributed by atoms with E-state index in [1.165, 1.54) is 13.2 Å². The molecule has 1 N–H and O–H groups in total. The van der Waals surface area contributed by atoms with Crippen LogP contribution >= 0.6 is 0 Å². The van der Waals surface area contributed by atoms with Crippen LogP contribution in [-0.2, 0) is 9.53 Å². The van der Waals surface area contributed by atoms with Crippen LogP contribution in [-0.4, -0.2) is 37.2 Å². The molecular formula is C17H22O6. The molecule has 126 valence electrons. The molecule has 1 aliphatic heterocycles. The second-order valence-electron chi connectivity index (χ2n) is 5.46. The van der Waals surface area contributed by atoms with E-state index in [1.54, 1.807) is 6.07 Å². The molecule has 1 heterocycles. The minimum atomic E-state index is -0.636. The summed E-state index contributed by atoms with van der Waals surface area (Å²) in [6.45, 7) is 0.553. The Hall–Kier alpha value is -2.24. The van der Waals surface area contributed by atoms with Gasteiger partial charge in [-0.15, -0.1) is 0 Å². The van der Waals surface area contributed by atoms with E-state index in [-0.39, 0.29) is 29.5 Å². The summed E-state index contributed by atoms with van der Waals surface area (Å²) < 4.78 is 15.9. The zero-order valence-corrected chi connectivity index (χ0v) is 13.3. The number of esters is 1. The van der Waals surface area contributed by atoms with Crippen molar-refractivity contribution in [2.75, 3.05) is 20.3 Å². The highest BCUT2D eigenvalue weighted by Gasteiger charge is 2.21. The first-order valence-electron chi connectivity index (χ1n) is 7.84. The molecule has 0 atom stereocenters. The number of Topliss-reactive ketones (excluding diaryl/α,β-unsaturated/α-hetero) is 1. The smallest absolute Gasteiger partial charge is 0.345 e. The fourth-order valence-electron chi connectivity index (χ4n) is 2.41. The molecule has 0 unspecified atom stereocenters. The molecule has 0 saturated heterocycles. The highest BCUT2D eigenvalue weighted by atomic mass is 16.5. The third-order valence-electron chi connectivity index (χ3n) is 3.69. The van der Waals surface area contributed by atoms with Crippen LogP contribution in [0.25, 0.3) is 0 Å². The molecule has 1 aromatic rings. The number of ether oxygens (including phenoxy) is 3. The predicted octanol–water partition coefficient (Wildman–Crippen LogP) is 2.86. The van der Waals surface area contributed by atoms with Gasteiger partial charge in [-0.2, -0.15) is 0 Å². The van der Waals surface area contributed by atoms with Gasteiger partial charge in [0, 0.05) is 25.0 Å². The number of carbonyl (C=O) groups is 2. The lowest BCUT2D eigenvalue weighted by atomic mass is 10.1. The number of methoxy groups -OCH3 is 1. The van der Waals surface area contributed by atoms with Crippen LogP contribution in [0.1, 0.15) is 48.9 Å². The molecular weight excluding hydrogens is 300 g/mol. The van der Waals surface area contributed by atoms with E-state index >= 15 is 0 Å². The minimum Gasteiger partial charge on any atom is -0.507 e. The second kappa shape index (κ2) is 8.41. The van der Waals surface area contributed by atoms with Crippen LogP contribution in [0, 0.1) is 0 Å². The summed E-state index contributed by atoms with van der Waals surface area (Å²) in [4.78, 5) is 23.8. The lowest BCUT2D eigenvalue weighted by Crippen LogP contribution is -2.11. The van der Waals surface area contributed by atoms with Crippen LogP contribution in [0.2, 0.25) is 0 Å². The van der Waals surface area contributed by atoms with E-state index in [1.807, 2.05) is 0 Å². The number of cyclic esters (lactones) is 1. The summed E-state index contributed by atoms with van der Waals surface area (Å²) in [6, 6.07) is 2.90. The average Bonchev–Trinajstić information content (AvgIpc) is 2.52. The maximum Gasteiger partial charge on any atom is 0.345 e. The number of hydrogen-bond donors (Lipinski definition) is 1. The number of phenols is 1. The molecule has 0 spiro atoms. The molecule has 6 nitrogen and oxygen atoms in total. The first kappa shape index (κ1) is 17.1. The van der Waals surface area contributed by atoms with Crippen LogP contribution < -0.4 is 9.47 Å². The average molecular weight is 322 g/mol. The SMILES string of the molecule is COc1cc(O)c2c(c1)OCCCCC(=O)CCCCOC2=O. The van der Waals surface area contributed by atoms with Gasteiger partial charge in [0.05, 0.1) is 20.3 Å². The van der Waals surface area contributed by atoms with Gasteiger partial charge in [-0.05, 0) is 25.7 Å². The Balaban J connectivity index is 2.20. The van der Waals surface area contributed by atoms with Gasteiger partial charge in [0.25, 0.3) is 0 Å². The molecule has 6 heteroatoms. The second-order valence-corrected chi connectivity index (χ2v) is 5.46. The topological polar surface area (TPSA) is 82.1 Å². The van der Waals surface area contributed by atoms with E-state index in [2.05, 4.69) is 0 Å². The number of carbonyl (C=O) groups excluding carboxylic acids is 2. The Bertz CT molecular complexity index is 566. The summed E-state index contributed by atoms with van der Waals surface area (Å²) in [5, 5.41) is 10.1. The van der Waals surface area contributed by atoms with Crippen molar-refractivity contribution in [2.24, 2.45) is 0 Å². The Morgan fingerprint density at radius 3 is 2.30 bits per heavy atom. The lowest BCUT2D eigenvalue weighted by Gasteiger charge is -2.15. The number of benzene rings is 1. The molecule has 0 radical (unpaired) electrons. The summed E-state index contributed by atoms with van der Waals surface area (Å²) in [7, 11) is 1.47. The maximum absolute atomic E-state index is 12.2. The number of phenolic OH excluding ortho intramolecular Hbond substituents is 1. The molecule has 0 amide bonds. The van der Waals surface area contributed by atoms with Gasteiger partial charge in [0.1, 0.15) is 28.6 Å². The predicted molar refractivity (Wildman–Crippen MR) is 83.1 cm³/mol. The monoisotopic (exact) mass is 322 g/mol. The fraction of sp³-hybridized carbons (Fsp3) is 0.529. The molecule has 0 aromatic heterocycles. The third-order valence-corrected chi connectivity index (χ3v) is 3.69. The highest BCUT2D eigenvalue weighted by molar-refractivity contribution is 5.96. The molecule has 0 bridgehead atoms. The van der Waals surface area contributed by atoms with E-state index < -0.39 is 5.97 Å². The zero-order valence-electron chi connectivity index (χ0n) is 13.3. The minimum absolute atomic E-state index is 0.0129. The van der Waals surface area contributed by atoms with Crippen molar-refractivity contribution in [3.63, 3.8) is 0 Å². The summed E-state index contributed by atoms with van der Waals surface area (Å²) >= 11 is 0. The van der Waals surface area contributed by atoms with Crippen molar-refractivity contribution in [1.29, 1.82) is 0 Å². The largest absolute Gasteiger partial charge is 0.507 e. The maximum atomic E-state index is 12.2. The number of rotatable bonds is 1. The molecule has 2 rings (SSSR count). The van der Waals surface area contributed by atoms with Crippen molar-refractivity contribution in [2.45, 2.75) is 38.5 Å². The van der Waals surface area contributed by atoms with Gasteiger partial charge >= 0.3 is 5.97 Å². The Labute approximate surface area is 135 Å². The summed E-state index contributed by atoms with van der Waals surface area (Å²) in [5.41, 5.74) is 0.0129. The van der Waals surface area contributed by atoms with Gasteiger partial charge < -0.3 is 19.3 Å². The summed E-state index contributed by atoms with van der Waals surface area (Å²) in [5.74, 6) is -0.0103. The molecule has 0 fully saturated rings.